The SMILES string of the molecule is CCCCCS(=O)(=O)c1c[c]cc(S(=O)(=O)CCCCC)c1. The topological polar surface area (TPSA) is 68.3 Å². The molecular weight excluding hydrogens is 320 g/mol. The summed E-state index contributed by atoms with van der Waals surface area (Å²) in [6.45, 7) is 4.01. The van der Waals surface area contributed by atoms with Crippen molar-refractivity contribution in [1.29, 1.82) is 0 Å². The summed E-state index contributed by atoms with van der Waals surface area (Å²) < 4.78 is 48.9. The van der Waals surface area contributed by atoms with Crippen LogP contribution >= 0.6 is 0 Å². The predicted octanol–water partition coefficient (Wildman–Crippen LogP) is 3.41. The smallest absolute Gasteiger partial charge is 0.178 e. The van der Waals surface area contributed by atoms with Crippen LogP contribution < -0.4 is 0 Å². The highest BCUT2D eigenvalue weighted by molar-refractivity contribution is 7.92. The average molecular weight is 346 g/mol. The van der Waals surface area contributed by atoms with Crippen LogP contribution in [0.1, 0.15) is 52.4 Å². The maximum Gasteiger partial charge on any atom is 0.178 e. The Morgan fingerprint density at radius 3 is 1.55 bits per heavy atom. The number of hydrogen-bond acceptors (Lipinski definition) is 4. The predicted molar refractivity (Wildman–Crippen MR) is 88.4 cm³/mol. The van der Waals surface area contributed by atoms with Crippen LogP contribution in [0.4, 0.5) is 0 Å². The first-order valence-corrected chi connectivity index (χ1v) is 11.1. The fourth-order valence-electron chi connectivity index (χ4n) is 2.11. The van der Waals surface area contributed by atoms with Gasteiger partial charge in [0, 0.05) is 0 Å². The van der Waals surface area contributed by atoms with Gasteiger partial charge in [-0.2, -0.15) is 0 Å². The van der Waals surface area contributed by atoms with Gasteiger partial charge in [0.1, 0.15) is 0 Å². The first-order valence-electron chi connectivity index (χ1n) is 7.80. The zero-order valence-electron chi connectivity index (χ0n) is 13.3. The van der Waals surface area contributed by atoms with Crippen LogP contribution in [0.2, 0.25) is 0 Å². The van der Waals surface area contributed by atoms with E-state index in [0.29, 0.717) is 12.8 Å². The Morgan fingerprint density at radius 1 is 0.773 bits per heavy atom. The number of unbranched alkanes of at least 4 members (excludes halogenated alkanes) is 4. The quantitative estimate of drug-likeness (QED) is 0.609. The van der Waals surface area contributed by atoms with E-state index in [1.165, 1.54) is 18.2 Å². The van der Waals surface area contributed by atoms with Crippen LogP contribution in [0.25, 0.3) is 0 Å². The van der Waals surface area contributed by atoms with Crippen molar-refractivity contribution in [2.24, 2.45) is 0 Å². The average Bonchev–Trinajstić information content (AvgIpc) is 2.48. The fraction of sp³-hybridized carbons (Fsp3) is 0.625. The van der Waals surface area contributed by atoms with Crippen LogP contribution in [-0.2, 0) is 19.7 Å². The molecule has 0 aromatic heterocycles. The number of hydrogen-bond donors (Lipinski definition) is 0. The molecule has 4 nitrogen and oxygen atoms in total. The van der Waals surface area contributed by atoms with Crippen molar-refractivity contribution in [3.8, 4) is 0 Å². The minimum Gasteiger partial charge on any atom is -0.224 e. The van der Waals surface area contributed by atoms with Crippen molar-refractivity contribution >= 4 is 19.7 Å². The summed E-state index contributed by atoms with van der Waals surface area (Å²) in [4.78, 5) is 0.111. The molecule has 0 unspecified atom stereocenters. The molecule has 0 aliphatic rings. The fourth-order valence-corrected chi connectivity index (χ4v) is 4.93. The molecule has 0 N–H and O–H groups in total. The van der Waals surface area contributed by atoms with E-state index in [4.69, 9.17) is 0 Å². The van der Waals surface area contributed by atoms with Gasteiger partial charge in [0.2, 0.25) is 0 Å². The molecule has 125 valence electrons. The lowest BCUT2D eigenvalue weighted by Gasteiger charge is -2.08. The highest BCUT2D eigenvalue weighted by Gasteiger charge is 2.19. The summed E-state index contributed by atoms with van der Waals surface area (Å²) in [7, 11) is -6.87. The van der Waals surface area contributed by atoms with E-state index in [0.717, 1.165) is 25.7 Å². The van der Waals surface area contributed by atoms with Crippen molar-refractivity contribution in [2.75, 3.05) is 11.5 Å². The monoisotopic (exact) mass is 345 g/mol. The molecule has 0 fully saturated rings. The normalized spacial score (nSPS) is 12.5. The van der Waals surface area contributed by atoms with E-state index in [1.807, 2.05) is 13.8 Å². The van der Waals surface area contributed by atoms with Crippen LogP contribution in [0, 0.1) is 6.07 Å². The third-order valence-corrected chi connectivity index (χ3v) is 7.05. The van der Waals surface area contributed by atoms with Gasteiger partial charge in [-0.15, -0.1) is 0 Å². The molecule has 1 rings (SSSR count). The molecule has 0 heterocycles. The first kappa shape index (κ1) is 19.2. The van der Waals surface area contributed by atoms with E-state index in [2.05, 4.69) is 6.07 Å². The van der Waals surface area contributed by atoms with Crippen molar-refractivity contribution in [1.82, 2.24) is 0 Å². The van der Waals surface area contributed by atoms with Gasteiger partial charge in [-0.1, -0.05) is 39.5 Å². The summed E-state index contributed by atoms with van der Waals surface area (Å²) in [5.41, 5.74) is 0. The van der Waals surface area contributed by atoms with Crippen molar-refractivity contribution in [3.05, 3.63) is 24.3 Å². The molecular formula is C16H25O4S2. The Hall–Kier alpha value is -0.880. The standard InChI is InChI=1S/C16H25O4S2/c1-3-5-7-12-21(17,18)15-10-9-11-16(14-15)22(19,20)13-8-6-4-2/h10-11,14H,3-8,12-13H2,1-2H3. The molecule has 0 saturated carbocycles. The molecule has 1 aromatic rings. The van der Waals surface area contributed by atoms with E-state index >= 15 is 0 Å². The first-order chi connectivity index (χ1) is 10.3. The second-order valence-corrected chi connectivity index (χ2v) is 9.67. The van der Waals surface area contributed by atoms with Gasteiger partial charge < -0.3 is 0 Å². The molecule has 1 radical (unpaired) electrons. The second kappa shape index (κ2) is 8.67. The molecule has 0 aliphatic heterocycles. The summed E-state index contributed by atoms with van der Waals surface area (Å²) in [5, 5.41) is 0. The molecule has 0 aliphatic carbocycles. The lowest BCUT2D eigenvalue weighted by Crippen LogP contribution is -2.10. The van der Waals surface area contributed by atoms with Crippen LogP contribution in [-0.4, -0.2) is 28.3 Å². The molecule has 6 heteroatoms. The van der Waals surface area contributed by atoms with Crippen molar-refractivity contribution in [3.63, 3.8) is 0 Å². The molecule has 0 spiro atoms. The van der Waals surface area contributed by atoms with E-state index < -0.39 is 19.7 Å². The maximum atomic E-state index is 12.2. The minimum atomic E-state index is -3.44. The molecule has 0 atom stereocenters. The number of benzene rings is 1. The van der Waals surface area contributed by atoms with E-state index in [-0.39, 0.29) is 21.3 Å². The van der Waals surface area contributed by atoms with E-state index in [1.54, 1.807) is 0 Å². The van der Waals surface area contributed by atoms with E-state index in [9.17, 15) is 16.8 Å². The van der Waals surface area contributed by atoms with Crippen LogP contribution in [0.3, 0.4) is 0 Å². The Balaban J connectivity index is 2.94. The van der Waals surface area contributed by atoms with Gasteiger partial charge in [0.25, 0.3) is 0 Å². The summed E-state index contributed by atoms with van der Waals surface area (Å²) >= 11 is 0. The van der Waals surface area contributed by atoms with Crippen molar-refractivity contribution in [2.45, 2.75) is 62.2 Å². The van der Waals surface area contributed by atoms with Gasteiger partial charge in [-0.25, -0.2) is 16.8 Å². The summed E-state index contributed by atoms with van der Waals surface area (Å²) in [6, 6.07) is 6.65. The zero-order valence-corrected chi connectivity index (χ0v) is 15.0. The highest BCUT2D eigenvalue weighted by atomic mass is 32.2. The molecule has 0 saturated heterocycles. The van der Waals surface area contributed by atoms with Gasteiger partial charge in [-0.05, 0) is 37.1 Å². The number of rotatable bonds is 10. The Morgan fingerprint density at radius 2 is 1.18 bits per heavy atom. The van der Waals surface area contributed by atoms with Crippen LogP contribution in [0.15, 0.2) is 28.0 Å². The number of sulfone groups is 2. The summed E-state index contributed by atoms with van der Waals surface area (Å²) in [5.74, 6) is 0.0992. The zero-order chi connectivity index (χ0) is 16.6. The highest BCUT2D eigenvalue weighted by Crippen LogP contribution is 2.19. The lowest BCUT2D eigenvalue weighted by molar-refractivity contribution is 0.589. The molecule has 0 bridgehead atoms. The Bertz CT molecular complexity index is 606. The largest absolute Gasteiger partial charge is 0.224 e. The Labute approximate surface area is 134 Å². The van der Waals surface area contributed by atoms with Crippen LogP contribution in [0.5, 0.6) is 0 Å². The Kier molecular flexibility index (Phi) is 7.56. The van der Waals surface area contributed by atoms with Gasteiger partial charge >= 0.3 is 0 Å². The summed E-state index contributed by atoms with van der Waals surface area (Å²) in [6.07, 6.45) is 4.75. The minimum absolute atomic E-state index is 0.0496. The molecule has 22 heavy (non-hydrogen) atoms. The van der Waals surface area contributed by atoms with Gasteiger partial charge in [0.05, 0.1) is 21.3 Å². The van der Waals surface area contributed by atoms with Gasteiger partial charge in [-0.3, -0.25) is 0 Å². The maximum absolute atomic E-state index is 12.2. The van der Waals surface area contributed by atoms with Crippen molar-refractivity contribution < 1.29 is 16.8 Å². The molecule has 1 aromatic carbocycles. The third kappa shape index (κ3) is 5.72. The lowest BCUT2D eigenvalue weighted by atomic mass is 10.3. The van der Waals surface area contributed by atoms with Gasteiger partial charge in [0.15, 0.2) is 19.7 Å². The second-order valence-electron chi connectivity index (χ2n) is 5.46. The molecule has 0 amide bonds. The third-order valence-electron chi connectivity index (χ3n) is 3.49.